The fourth-order valence-electron chi connectivity index (χ4n) is 6.27. The number of ether oxygens (including phenoxy) is 1. The molecule has 0 spiro atoms. The summed E-state index contributed by atoms with van der Waals surface area (Å²) < 4.78 is 44.3. The third kappa shape index (κ3) is 5.39. The minimum Gasteiger partial charge on any atom is -0.385 e. The Kier molecular flexibility index (Phi) is 7.56. The second-order valence-corrected chi connectivity index (χ2v) is 11.3. The van der Waals surface area contributed by atoms with E-state index in [0.717, 1.165) is 51.0 Å². The van der Waals surface area contributed by atoms with Gasteiger partial charge in [0.05, 0.1) is 23.2 Å². The van der Waals surface area contributed by atoms with Crippen molar-refractivity contribution in [1.82, 2.24) is 10.2 Å². The Labute approximate surface area is 206 Å². The smallest absolute Gasteiger partial charge is 0.385 e. The predicted octanol–water partition coefficient (Wildman–Crippen LogP) is 4.72. The summed E-state index contributed by atoms with van der Waals surface area (Å²) in [7, 11) is 0. The number of carbonyl (C=O) groups excluding carboxylic acids is 1. The first kappa shape index (κ1) is 26.4. The quantitative estimate of drug-likeness (QED) is 0.619. The van der Waals surface area contributed by atoms with Crippen LogP contribution in [0.3, 0.4) is 0 Å². The van der Waals surface area contributed by atoms with E-state index in [1.807, 2.05) is 4.90 Å². The molecule has 3 aliphatic rings. The van der Waals surface area contributed by atoms with Gasteiger partial charge in [0.1, 0.15) is 0 Å². The molecule has 1 amide bonds. The van der Waals surface area contributed by atoms with Gasteiger partial charge in [0.15, 0.2) is 0 Å². The van der Waals surface area contributed by atoms with Gasteiger partial charge < -0.3 is 20.1 Å². The maximum absolute atomic E-state index is 13.8. The van der Waals surface area contributed by atoms with Gasteiger partial charge in [-0.25, -0.2) is 0 Å². The Balaban J connectivity index is 1.39. The molecule has 0 aromatic heterocycles. The molecule has 5 nitrogen and oxygen atoms in total. The van der Waals surface area contributed by atoms with Crippen molar-refractivity contribution in [2.45, 2.75) is 83.2 Å². The van der Waals surface area contributed by atoms with Crippen molar-refractivity contribution in [3.63, 3.8) is 0 Å². The molecular weight excluding hydrogens is 457 g/mol. The lowest BCUT2D eigenvalue weighted by molar-refractivity contribution is -0.149. The van der Waals surface area contributed by atoms with E-state index in [0.29, 0.717) is 49.5 Å². The highest BCUT2D eigenvalue weighted by Gasteiger charge is 2.50. The van der Waals surface area contributed by atoms with Crippen molar-refractivity contribution in [1.29, 1.82) is 0 Å². The maximum atomic E-state index is 13.8. The first-order valence-corrected chi connectivity index (χ1v) is 13.0. The van der Waals surface area contributed by atoms with Crippen molar-refractivity contribution in [3.05, 3.63) is 35.4 Å². The maximum Gasteiger partial charge on any atom is 0.416 e. The van der Waals surface area contributed by atoms with Crippen LogP contribution in [0.1, 0.15) is 70.4 Å². The number of alkyl halides is 3. The van der Waals surface area contributed by atoms with Gasteiger partial charge in [0, 0.05) is 31.8 Å². The molecule has 3 fully saturated rings. The molecule has 8 heteroatoms. The summed E-state index contributed by atoms with van der Waals surface area (Å²) in [6.07, 6.45) is -0.143. The first-order valence-electron chi connectivity index (χ1n) is 13.0. The van der Waals surface area contributed by atoms with E-state index in [9.17, 15) is 23.1 Å². The molecule has 2 saturated heterocycles. The first-order chi connectivity index (χ1) is 16.4. The number of aliphatic hydroxyl groups is 1. The number of likely N-dealkylation sites (tertiary alicyclic amines) is 1. The highest BCUT2D eigenvalue weighted by atomic mass is 19.4. The van der Waals surface area contributed by atoms with Crippen molar-refractivity contribution >= 4 is 5.91 Å². The molecule has 2 heterocycles. The van der Waals surface area contributed by atoms with Crippen LogP contribution in [0.5, 0.6) is 0 Å². The largest absolute Gasteiger partial charge is 0.416 e. The molecule has 1 saturated carbocycles. The minimum absolute atomic E-state index is 0.159. The Morgan fingerprint density at radius 1 is 1.14 bits per heavy atom. The molecule has 196 valence electrons. The predicted molar refractivity (Wildman–Crippen MR) is 128 cm³/mol. The third-order valence-electron chi connectivity index (χ3n) is 8.80. The van der Waals surface area contributed by atoms with E-state index < -0.39 is 22.8 Å². The van der Waals surface area contributed by atoms with E-state index in [-0.39, 0.29) is 11.8 Å². The van der Waals surface area contributed by atoms with Crippen molar-refractivity contribution in [3.8, 4) is 0 Å². The summed E-state index contributed by atoms with van der Waals surface area (Å²) in [5.74, 6) is 0.814. The number of piperidine rings is 1. The summed E-state index contributed by atoms with van der Waals surface area (Å²) in [4.78, 5) is 15.7. The van der Waals surface area contributed by atoms with Crippen LogP contribution >= 0.6 is 0 Å². The molecule has 1 aliphatic carbocycles. The van der Waals surface area contributed by atoms with Crippen LogP contribution in [0.4, 0.5) is 13.2 Å². The number of hydrogen-bond donors (Lipinski definition) is 2. The molecule has 2 aliphatic heterocycles. The van der Waals surface area contributed by atoms with Crippen molar-refractivity contribution in [2.75, 3.05) is 26.3 Å². The Bertz CT molecular complexity index is 881. The molecule has 0 bridgehead atoms. The highest BCUT2D eigenvalue weighted by Crippen LogP contribution is 2.47. The van der Waals surface area contributed by atoms with Crippen molar-refractivity contribution in [2.24, 2.45) is 17.3 Å². The zero-order chi connectivity index (χ0) is 25.4. The van der Waals surface area contributed by atoms with Gasteiger partial charge in [0.2, 0.25) is 5.91 Å². The number of amides is 1. The van der Waals surface area contributed by atoms with E-state index >= 15 is 0 Å². The number of hydrogen-bond acceptors (Lipinski definition) is 4. The summed E-state index contributed by atoms with van der Waals surface area (Å²) in [6.45, 7) is 8.81. The van der Waals surface area contributed by atoms with Crippen LogP contribution in [-0.2, 0) is 21.3 Å². The molecule has 4 atom stereocenters. The molecule has 35 heavy (non-hydrogen) atoms. The number of nitrogens with zero attached hydrogens (tertiary/aromatic N) is 1. The number of carbonyl (C=O) groups is 1. The van der Waals surface area contributed by atoms with Gasteiger partial charge in [-0.1, -0.05) is 32.9 Å². The second-order valence-electron chi connectivity index (χ2n) is 11.3. The fraction of sp³-hybridized carbons (Fsp3) is 0.741. The third-order valence-corrected chi connectivity index (χ3v) is 8.80. The van der Waals surface area contributed by atoms with Gasteiger partial charge in [-0.15, -0.1) is 0 Å². The highest BCUT2D eigenvalue weighted by molar-refractivity contribution is 5.83. The van der Waals surface area contributed by atoms with Crippen LogP contribution in [0.25, 0.3) is 0 Å². The topological polar surface area (TPSA) is 61.8 Å². The lowest BCUT2D eigenvalue weighted by Gasteiger charge is -2.43. The number of nitrogens with one attached hydrogen (secondary N) is 1. The second kappa shape index (κ2) is 10.0. The summed E-state index contributed by atoms with van der Waals surface area (Å²) in [6, 6.07) is 5.48. The Hall–Kier alpha value is -1.64. The lowest BCUT2D eigenvalue weighted by Crippen LogP contribution is -2.52. The van der Waals surface area contributed by atoms with E-state index in [1.165, 1.54) is 12.1 Å². The van der Waals surface area contributed by atoms with Gasteiger partial charge >= 0.3 is 6.18 Å². The van der Waals surface area contributed by atoms with Crippen LogP contribution in [0.15, 0.2) is 24.3 Å². The van der Waals surface area contributed by atoms with Gasteiger partial charge in [-0.3, -0.25) is 4.79 Å². The van der Waals surface area contributed by atoms with Crippen LogP contribution in [0.2, 0.25) is 0 Å². The average Bonchev–Trinajstić information content (AvgIpc) is 3.25. The van der Waals surface area contributed by atoms with E-state index in [1.54, 1.807) is 0 Å². The SMILES string of the molecule is CC1COCCC1NC1CC[C@@](C(=O)N2CCC(O)(c3ccc(C(F)(F)F)cc3)CC2)(C(C)C)C1. The monoisotopic (exact) mass is 496 g/mol. The number of halogens is 3. The summed E-state index contributed by atoms with van der Waals surface area (Å²) in [5, 5.41) is 15.0. The average molecular weight is 497 g/mol. The molecular formula is C27H39F3N2O3. The molecule has 0 radical (unpaired) electrons. The number of rotatable bonds is 5. The molecule has 1 aromatic carbocycles. The zero-order valence-electron chi connectivity index (χ0n) is 21.0. The Morgan fingerprint density at radius 2 is 1.80 bits per heavy atom. The molecule has 4 rings (SSSR count). The Morgan fingerprint density at radius 3 is 2.37 bits per heavy atom. The molecule has 1 aromatic rings. The van der Waals surface area contributed by atoms with E-state index in [2.05, 4.69) is 26.1 Å². The fourth-order valence-corrected chi connectivity index (χ4v) is 6.27. The standard InChI is InChI=1S/C27H39F3N2O3/c1-18(2)25(10-8-22(16-25)31-23-9-15-35-17-19(23)3)24(33)32-13-11-26(34,12-14-32)20-4-6-21(7-5-20)27(28,29)30/h4-7,18-19,22-23,31,34H,8-17H2,1-3H3/t19?,22?,23?,25-/m0/s1. The van der Waals surface area contributed by atoms with Gasteiger partial charge in [0.25, 0.3) is 0 Å². The van der Waals surface area contributed by atoms with E-state index in [4.69, 9.17) is 4.74 Å². The molecule has 3 unspecified atom stereocenters. The van der Waals surface area contributed by atoms with Crippen LogP contribution in [0, 0.1) is 17.3 Å². The summed E-state index contributed by atoms with van der Waals surface area (Å²) in [5.41, 5.74) is -1.89. The van der Waals surface area contributed by atoms with Crippen molar-refractivity contribution < 1.29 is 27.8 Å². The lowest BCUT2D eigenvalue weighted by atomic mass is 9.73. The summed E-state index contributed by atoms with van der Waals surface area (Å²) >= 11 is 0. The van der Waals surface area contributed by atoms with Crippen LogP contribution < -0.4 is 5.32 Å². The number of benzene rings is 1. The normalized spacial score (nSPS) is 31.7. The minimum atomic E-state index is -4.40. The van der Waals surface area contributed by atoms with Gasteiger partial charge in [-0.2, -0.15) is 13.2 Å². The van der Waals surface area contributed by atoms with Gasteiger partial charge in [-0.05, 0) is 68.1 Å². The molecule has 2 N–H and O–H groups in total. The zero-order valence-corrected chi connectivity index (χ0v) is 21.0. The van der Waals surface area contributed by atoms with Crippen LogP contribution in [-0.4, -0.2) is 54.3 Å².